The Morgan fingerprint density at radius 2 is 1.88 bits per heavy atom. The Kier molecular flexibility index (Phi) is 9.76. The van der Waals surface area contributed by atoms with E-state index in [1.165, 1.54) is 6.07 Å². The molecule has 2 fully saturated rings. The summed E-state index contributed by atoms with van der Waals surface area (Å²) in [6, 6.07) is 5.11. The molecule has 1 atom stereocenters. The third kappa shape index (κ3) is 7.19. The standard InChI is InChI=1S/C35H43FN10O4/c1-23(48)45-14-9-32-29(20-45)34(40-31-4-3-25(15-30(31)36)26-18-39-42(2)19-26)41-46(32)27-5-10-43(11-6-27)33(49)22-50-28-7-12-44(13-8-28)35-37-16-24(21-47)17-38-35/h3-4,15-19,21,27-28,35,37H,5-14,20,22H2,1-2H3,(H,40,41). The average molecular weight is 687 g/mol. The van der Waals surface area contributed by atoms with Gasteiger partial charge in [0.15, 0.2) is 18.4 Å². The van der Waals surface area contributed by atoms with Crippen LogP contribution in [0.25, 0.3) is 11.1 Å². The molecule has 1 aromatic carbocycles. The number of ether oxygens (including phenoxy) is 1. The summed E-state index contributed by atoms with van der Waals surface area (Å²) in [4.78, 5) is 46.6. The highest BCUT2D eigenvalue weighted by Gasteiger charge is 2.32. The lowest BCUT2D eigenvalue weighted by atomic mass is 10.0. The van der Waals surface area contributed by atoms with Crippen molar-refractivity contribution in [3.63, 3.8) is 0 Å². The molecule has 0 bridgehead atoms. The lowest BCUT2D eigenvalue weighted by Crippen LogP contribution is -2.49. The lowest BCUT2D eigenvalue weighted by molar-refractivity contribution is -0.140. The maximum absolute atomic E-state index is 15.4. The summed E-state index contributed by atoms with van der Waals surface area (Å²) in [5.41, 5.74) is 4.32. The fourth-order valence-corrected chi connectivity index (χ4v) is 7.21. The zero-order valence-corrected chi connectivity index (χ0v) is 28.4. The van der Waals surface area contributed by atoms with Gasteiger partial charge >= 0.3 is 0 Å². The SMILES string of the molecule is CC(=O)N1CCc2c(c(Nc3ccc(-c4cnn(C)c4)cc3F)nn2C2CCN(C(=O)COC3CCN(C4N=CC(C=O)=CN4)CC3)CC2)C1. The van der Waals surface area contributed by atoms with Gasteiger partial charge in [-0.1, -0.05) is 6.07 Å². The minimum Gasteiger partial charge on any atom is -0.368 e. The van der Waals surface area contributed by atoms with Crippen molar-refractivity contribution in [2.24, 2.45) is 12.0 Å². The van der Waals surface area contributed by atoms with Crippen molar-refractivity contribution in [3.8, 4) is 11.1 Å². The van der Waals surface area contributed by atoms with Crippen LogP contribution in [0.1, 0.15) is 49.9 Å². The molecule has 6 heterocycles. The van der Waals surface area contributed by atoms with Crippen LogP contribution in [0.4, 0.5) is 15.9 Å². The van der Waals surface area contributed by atoms with Crippen molar-refractivity contribution < 1.29 is 23.5 Å². The maximum Gasteiger partial charge on any atom is 0.248 e. The van der Waals surface area contributed by atoms with Crippen molar-refractivity contribution in [3.05, 3.63) is 59.4 Å². The first-order valence-corrected chi connectivity index (χ1v) is 17.2. The molecule has 4 aliphatic heterocycles. The Morgan fingerprint density at radius 3 is 2.54 bits per heavy atom. The first-order chi connectivity index (χ1) is 24.2. The lowest BCUT2D eigenvalue weighted by Gasteiger charge is -2.37. The molecule has 264 valence electrons. The number of halogens is 1. The Morgan fingerprint density at radius 1 is 1.08 bits per heavy atom. The van der Waals surface area contributed by atoms with Crippen molar-refractivity contribution in [1.82, 2.24) is 39.6 Å². The topological polar surface area (TPSA) is 142 Å². The summed E-state index contributed by atoms with van der Waals surface area (Å²) in [6.07, 6.45) is 11.1. The number of carbonyl (C=O) groups excluding carboxylic acids is 3. The van der Waals surface area contributed by atoms with Crippen LogP contribution in [0.15, 0.2) is 47.4 Å². The fourth-order valence-electron chi connectivity index (χ4n) is 7.21. The maximum atomic E-state index is 15.4. The first kappa shape index (κ1) is 33.6. The van der Waals surface area contributed by atoms with Gasteiger partial charge in [0.2, 0.25) is 11.8 Å². The zero-order valence-electron chi connectivity index (χ0n) is 28.4. The van der Waals surface area contributed by atoms with Crippen LogP contribution in [0.5, 0.6) is 0 Å². The molecule has 0 saturated carbocycles. The molecule has 2 N–H and O–H groups in total. The van der Waals surface area contributed by atoms with E-state index in [0.717, 1.165) is 67.4 Å². The van der Waals surface area contributed by atoms with E-state index in [9.17, 15) is 14.4 Å². The van der Waals surface area contributed by atoms with Gasteiger partial charge in [-0.15, -0.1) is 0 Å². The van der Waals surface area contributed by atoms with E-state index < -0.39 is 5.82 Å². The third-order valence-electron chi connectivity index (χ3n) is 10.1. The number of hydrogen-bond acceptors (Lipinski definition) is 10. The summed E-state index contributed by atoms with van der Waals surface area (Å²) in [6.45, 7) is 5.35. The van der Waals surface area contributed by atoms with Crippen LogP contribution in [0.3, 0.4) is 0 Å². The largest absolute Gasteiger partial charge is 0.368 e. The number of aldehydes is 1. The van der Waals surface area contributed by atoms with Crippen LogP contribution in [0, 0.1) is 5.82 Å². The second-order valence-electron chi connectivity index (χ2n) is 13.4. The van der Waals surface area contributed by atoms with Crippen molar-refractivity contribution in [1.29, 1.82) is 0 Å². The molecular weight excluding hydrogens is 643 g/mol. The fraction of sp³-hybridized carbons (Fsp3) is 0.486. The zero-order chi connectivity index (χ0) is 34.8. The number of fused-ring (bicyclic) bond motifs is 1. The smallest absolute Gasteiger partial charge is 0.248 e. The number of piperidine rings is 2. The molecule has 2 saturated heterocycles. The molecule has 4 aliphatic rings. The van der Waals surface area contributed by atoms with E-state index in [-0.39, 0.29) is 36.9 Å². The van der Waals surface area contributed by atoms with E-state index in [1.54, 1.807) is 41.2 Å². The molecule has 1 unspecified atom stereocenters. The molecule has 2 aromatic heterocycles. The predicted octanol–water partition coefficient (Wildman–Crippen LogP) is 2.76. The second kappa shape index (κ2) is 14.5. The van der Waals surface area contributed by atoms with Crippen LogP contribution >= 0.6 is 0 Å². The number of carbonyl (C=O) groups is 3. The number of hydrogen-bond donors (Lipinski definition) is 2. The van der Waals surface area contributed by atoms with Crippen LogP contribution < -0.4 is 10.6 Å². The van der Waals surface area contributed by atoms with Crippen molar-refractivity contribution >= 4 is 35.8 Å². The number of anilines is 2. The van der Waals surface area contributed by atoms with Gasteiger partial charge in [-0.25, -0.2) is 4.39 Å². The molecule has 0 radical (unpaired) electrons. The average Bonchev–Trinajstić information content (AvgIpc) is 3.74. The molecule has 0 spiro atoms. The highest BCUT2D eigenvalue weighted by Crippen LogP contribution is 2.35. The minimum absolute atomic E-state index is 0.00820. The number of aryl methyl sites for hydroxylation is 1. The monoisotopic (exact) mass is 686 g/mol. The molecule has 3 aromatic rings. The van der Waals surface area contributed by atoms with Crippen LogP contribution in [0.2, 0.25) is 0 Å². The van der Waals surface area contributed by atoms with Gasteiger partial charge in [0.1, 0.15) is 12.4 Å². The van der Waals surface area contributed by atoms with Crippen molar-refractivity contribution in [2.45, 2.75) is 64.0 Å². The van der Waals surface area contributed by atoms with E-state index in [4.69, 9.17) is 9.84 Å². The summed E-state index contributed by atoms with van der Waals surface area (Å²) in [5, 5.41) is 15.5. The van der Waals surface area contributed by atoms with E-state index in [1.807, 2.05) is 28.9 Å². The first-order valence-electron chi connectivity index (χ1n) is 17.2. The molecule has 50 heavy (non-hydrogen) atoms. The molecule has 14 nitrogen and oxygen atoms in total. The van der Waals surface area contributed by atoms with Gasteiger partial charge in [0, 0.05) is 94.1 Å². The summed E-state index contributed by atoms with van der Waals surface area (Å²) in [7, 11) is 1.82. The van der Waals surface area contributed by atoms with Crippen molar-refractivity contribution in [2.75, 3.05) is 44.6 Å². The molecular formula is C35H43FN10O4. The Balaban J connectivity index is 0.953. The van der Waals surface area contributed by atoms with E-state index in [0.29, 0.717) is 49.7 Å². The number of amides is 2. The Hall–Kier alpha value is -4.89. The normalized spacial score (nSPS) is 20.3. The quantitative estimate of drug-likeness (QED) is 0.325. The third-order valence-corrected chi connectivity index (χ3v) is 10.1. The molecule has 15 heteroatoms. The predicted molar refractivity (Wildman–Crippen MR) is 184 cm³/mol. The van der Waals surface area contributed by atoms with Gasteiger partial charge in [-0.3, -0.25) is 33.6 Å². The Labute approximate surface area is 289 Å². The second-order valence-corrected chi connectivity index (χ2v) is 13.4. The van der Waals surface area contributed by atoms with Gasteiger partial charge in [-0.05, 0) is 43.4 Å². The van der Waals surface area contributed by atoms with Gasteiger partial charge in [-0.2, -0.15) is 10.2 Å². The number of aromatic nitrogens is 4. The van der Waals surface area contributed by atoms with Gasteiger partial charge in [0.25, 0.3) is 0 Å². The number of benzene rings is 1. The van der Waals surface area contributed by atoms with E-state index in [2.05, 4.69) is 25.6 Å². The van der Waals surface area contributed by atoms with Gasteiger partial charge < -0.3 is 25.2 Å². The summed E-state index contributed by atoms with van der Waals surface area (Å²) >= 11 is 0. The molecule has 2 amide bonds. The number of nitrogens with zero attached hydrogens (tertiary/aromatic N) is 8. The number of allylic oxidation sites excluding steroid dienone is 1. The summed E-state index contributed by atoms with van der Waals surface area (Å²) < 4.78 is 25.2. The number of nitrogens with one attached hydrogen (secondary N) is 2. The number of likely N-dealkylation sites (tertiary alicyclic amines) is 2. The van der Waals surface area contributed by atoms with Crippen LogP contribution in [-0.2, 0) is 39.1 Å². The molecule has 0 aliphatic carbocycles. The van der Waals surface area contributed by atoms with E-state index >= 15 is 4.39 Å². The number of aliphatic imine (C=N–C) groups is 1. The highest BCUT2D eigenvalue weighted by molar-refractivity contribution is 6.02. The number of rotatable bonds is 9. The highest BCUT2D eigenvalue weighted by atomic mass is 19.1. The Bertz CT molecular complexity index is 1800. The van der Waals surface area contributed by atoms with Gasteiger partial charge in [0.05, 0.1) is 30.6 Å². The van der Waals surface area contributed by atoms with Crippen LogP contribution in [-0.4, -0.2) is 110 Å². The molecule has 7 rings (SSSR count). The minimum atomic E-state index is -0.407. The summed E-state index contributed by atoms with van der Waals surface area (Å²) in [5.74, 6) is 0.117.